The van der Waals surface area contributed by atoms with E-state index in [-0.39, 0.29) is 0 Å². The molecular weight excluding hydrogens is 184 g/mol. The molecule has 2 rings (SSSR count). The zero-order valence-electron chi connectivity index (χ0n) is 7.39. The molecule has 1 aliphatic carbocycles. The molecular formula is C10H13ClN2. The van der Waals surface area contributed by atoms with Gasteiger partial charge in [0.15, 0.2) is 0 Å². The first-order valence-electron chi connectivity index (χ1n) is 4.55. The van der Waals surface area contributed by atoms with Crippen LogP contribution in [-0.4, -0.2) is 6.54 Å². The lowest BCUT2D eigenvalue weighted by Crippen LogP contribution is -2.05. The van der Waals surface area contributed by atoms with Crippen LogP contribution < -0.4 is 11.1 Å². The summed E-state index contributed by atoms with van der Waals surface area (Å²) in [6.45, 7) is 0.994. The normalized spacial score (nSPS) is 15.8. The van der Waals surface area contributed by atoms with Gasteiger partial charge in [0.2, 0.25) is 0 Å². The molecule has 0 bridgehead atoms. The average molecular weight is 197 g/mol. The molecule has 0 aliphatic heterocycles. The monoisotopic (exact) mass is 196 g/mol. The Morgan fingerprint density at radius 2 is 2.23 bits per heavy atom. The smallest absolute Gasteiger partial charge is 0.0763 e. The Labute approximate surface area is 83.1 Å². The van der Waals surface area contributed by atoms with E-state index in [9.17, 15) is 0 Å². The SMILES string of the molecule is Nc1cccc(Cl)c1NCC1CC1. The van der Waals surface area contributed by atoms with Gasteiger partial charge in [0.25, 0.3) is 0 Å². The minimum atomic E-state index is 0.709. The molecule has 0 radical (unpaired) electrons. The van der Waals surface area contributed by atoms with E-state index < -0.39 is 0 Å². The number of hydrogen-bond acceptors (Lipinski definition) is 2. The molecule has 0 spiro atoms. The molecule has 1 aromatic carbocycles. The average Bonchev–Trinajstić information content (AvgIpc) is 2.87. The van der Waals surface area contributed by atoms with Gasteiger partial charge in [0.05, 0.1) is 16.4 Å². The van der Waals surface area contributed by atoms with E-state index in [1.807, 2.05) is 18.2 Å². The van der Waals surface area contributed by atoms with Gasteiger partial charge in [0, 0.05) is 6.54 Å². The molecule has 0 atom stereocenters. The molecule has 0 amide bonds. The molecule has 0 unspecified atom stereocenters. The highest BCUT2D eigenvalue weighted by molar-refractivity contribution is 6.33. The van der Waals surface area contributed by atoms with Gasteiger partial charge in [-0.2, -0.15) is 0 Å². The molecule has 0 heterocycles. The topological polar surface area (TPSA) is 38.0 Å². The van der Waals surface area contributed by atoms with Crippen LogP contribution in [-0.2, 0) is 0 Å². The number of hydrogen-bond donors (Lipinski definition) is 2. The maximum atomic E-state index is 5.99. The zero-order chi connectivity index (χ0) is 9.26. The van der Waals surface area contributed by atoms with Crippen molar-refractivity contribution in [3.05, 3.63) is 23.2 Å². The molecule has 1 saturated carbocycles. The first-order chi connectivity index (χ1) is 6.27. The van der Waals surface area contributed by atoms with E-state index in [0.717, 1.165) is 23.8 Å². The van der Waals surface area contributed by atoms with Crippen molar-refractivity contribution in [1.82, 2.24) is 0 Å². The number of benzene rings is 1. The first-order valence-corrected chi connectivity index (χ1v) is 4.93. The van der Waals surface area contributed by atoms with Crippen LogP contribution in [0.15, 0.2) is 18.2 Å². The summed E-state index contributed by atoms with van der Waals surface area (Å²) < 4.78 is 0. The lowest BCUT2D eigenvalue weighted by atomic mass is 10.2. The van der Waals surface area contributed by atoms with Gasteiger partial charge < -0.3 is 11.1 Å². The number of nitrogens with one attached hydrogen (secondary N) is 1. The van der Waals surface area contributed by atoms with Crippen molar-refractivity contribution in [3.8, 4) is 0 Å². The van der Waals surface area contributed by atoms with E-state index in [1.165, 1.54) is 12.8 Å². The fraction of sp³-hybridized carbons (Fsp3) is 0.400. The van der Waals surface area contributed by atoms with E-state index in [2.05, 4.69) is 5.32 Å². The standard InChI is InChI=1S/C10H13ClN2/c11-8-2-1-3-9(12)10(8)13-6-7-4-5-7/h1-3,7,13H,4-6,12H2. The fourth-order valence-electron chi connectivity index (χ4n) is 1.30. The van der Waals surface area contributed by atoms with Crippen LogP contribution in [0.2, 0.25) is 5.02 Å². The van der Waals surface area contributed by atoms with Crippen LogP contribution in [0.3, 0.4) is 0 Å². The van der Waals surface area contributed by atoms with Crippen molar-refractivity contribution in [2.24, 2.45) is 5.92 Å². The zero-order valence-corrected chi connectivity index (χ0v) is 8.14. The number of nitrogen functional groups attached to an aromatic ring is 1. The third-order valence-corrected chi connectivity index (χ3v) is 2.63. The third kappa shape index (κ3) is 2.07. The molecule has 0 aromatic heterocycles. The van der Waals surface area contributed by atoms with E-state index in [1.54, 1.807) is 0 Å². The van der Waals surface area contributed by atoms with Gasteiger partial charge in [-0.05, 0) is 30.9 Å². The Bertz CT molecular complexity index is 288. The summed E-state index contributed by atoms with van der Waals surface area (Å²) in [6.07, 6.45) is 2.66. The van der Waals surface area contributed by atoms with Crippen LogP contribution >= 0.6 is 11.6 Å². The quantitative estimate of drug-likeness (QED) is 0.730. The van der Waals surface area contributed by atoms with E-state index >= 15 is 0 Å². The molecule has 13 heavy (non-hydrogen) atoms. The maximum absolute atomic E-state index is 5.99. The predicted octanol–water partition coefficient (Wildman–Crippen LogP) is 2.74. The second-order valence-corrected chi connectivity index (χ2v) is 3.94. The summed E-state index contributed by atoms with van der Waals surface area (Å²) in [5.41, 5.74) is 7.40. The first kappa shape index (κ1) is 8.70. The Morgan fingerprint density at radius 3 is 2.85 bits per heavy atom. The summed E-state index contributed by atoms with van der Waals surface area (Å²) in [7, 11) is 0. The minimum absolute atomic E-state index is 0.709. The van der Waals surface area contributed by atoms with Crippen molar-refractivity contribution < 1.29 is 0 Å². The van der Waals surface area contributed by atoms with Crippen LogP contribution in [0, 0.1) is 5.92 Å². The fourth-order valence-corrected chi connectivity index (χ4v) is 1.54. The van der Waals surface area contributed by atoms with E-state index in [0.29, 0.717) is 5.02 Å². The van der Waals surface area contributed by atoms with Crippen LogP contribution in [0.4, 0.5) is 11.4 Å². The van der Waals surface area contributed by atoms with Gasteiger partial charge in [-0.3, -0.25) is 0 Å². The number of para-hydroxylation sites is 1. The Morgan fingerprint density at radius 1 is 1.46 bits per heavy atom. The Balaban J connectivity index is 2.07. The van der Waals surface area contributed by atoms with Crippen LogP contribution in [0.1, 0.15) is 12.8 Å². The van der Waals surface area contributed by atoms with Crippen molar-refractivity contribution in [1.29, 1.82) is 0 Å². The lowest BCUT2D eigenvalue weighted by molar-refractivity contribution is 0.890. The minimum Gasteiger partial charge on any atom is -0.397 e. The number of halogens is 1. The second kappa shape index (κ2) is 3.46. The van der Waals surface area contributed by atoms with Gasteiger partial charge in [-0.25, -0.2) is 0 Å². The molecule has 0 saturated heterocycles. The van der Waals surface area contributed by atoms with Gasteiger partial charge in [-0.1, -0.05) is 17.7 Å². The Kier molecular flexibility index (Phi) is 2.32. The van der Waals surface area contributed by atoms with Crippen molar-refractivity contribution >= 4 is 23.0 Å². The molecule has 1 aliphatic rings. The molecule has 3 heteroatoms. The molecule has 1 aromatic rings. The summed E-state index contributed by atoms with van der Waals surface area (Å²) in [6, 6.07) is 5.58. The largest absolute Gasteiger partial charge is 0.397 e. The van der Waals surface area contributed by atoms with Crippen LogP contribution in [0.25, 0.3) is 0 Å². The van der Waals surface area contributed by atoms with Crippen molar-refractivity contribution in [3.63, 3.8) is 0 Å². The Hall–Kier alpha value is -0.890. The van der Waals surface area contributed by atoms with Gasteiger partial charge >= 0.3 is 0 Å². The van der Waals surface area contributed by atoms with Crippen molar-refractivity contribution in [2.75, 3.05) is 17.6 Å². The highest BCUT2D eigenvalue weighted by Gasteiger charge is 2.21. The summed E-state index contributed by atoms with van der Waals surface area (Å²) in [4.78, 5) is 0. The summed E-state index contributed by atoms with van der Waals surface area (Å²) >= 11 is 5.99. The van der Waals surface area contributed by atoms with Gasteiger partial charge in [0.1, 0.15) is 0 Å². The molecule has 2 nitrogen and oxygen atoms in total. The highest BCUT2D eigenvalue weighted by atomic mass is 35.5. The molecule has 3 N–H and O–H groups in total. The van der Waals surface area contributed by atoms with Crippen LogP contribution in [0.5, 0.6) is 0 Å². The van der Waals surface area contributed by atoms with E-state index in [4.69, 9.17) is 17.3 Å². The summed E-state index contributed by atoms with van der Waals surface area (Å²) in [5.74, 6) is 0.829. The predicted molar refractivity (Wildman–Crippen MR) is 57.1 cm³/mol. The van der Waals surface area contributed by atoms with Crippen molar-refractivity contribution in [2.45, 2.75) is 12.8 Å². The summed E-state index contributed by atoms with van der Waals surface area (Å²) in [5, 5.41) is 4.00. The number of nitrogens with two attached hydrogens (primary N) is 1. The number of rotatable bonds is 3. The molecule has 70 valence electrons. The maximum Gasteiger partial charge on any atom is 0.0763 e. The van der Waals surface area contributed by atoms with Gasteiger partial charge in [-0.15, -0.1) is 0 Å². The third-order valence-electron chi connectivity index (χ3n) is 2.31. The highest BCUT2D eigenvalue weighted by Crippen LogP contribution is 2.32. The lowest BCUT2D eigenvalue weighted by Gasteiger charge is -2.09. The molecule has 1 fully saturated rings. The number of anilines is 2. The second-order valence-electron chi connectivity index (χ2n) is 3.53.